The average molecular weight is 389 g/mol. The van der Waals surface area contributed by atoms with Gasteiger partial charge in [-0.2, -0.15) is 10.2 Å². The van der Waals surface area contributed by atoms with Crippen LogP contribution in [0.15, 0.2) is 60.8 Å². The molecule has 7 heteroatoms. The van der Waals surface area contributed by atoms with Crippen LogP contribution in [-0.4, -0.2) is 29.1 Å². The van der Waals surface area contributed by atoms with Crippen molar-refractivity contribution in [3.63, 3.8) is 0 Å². The van der Waals surface area contributed by atoms with E-state index in [2.05, 4.69) is 26.3 Å². The van der Waals surface area contributed by atoms with E-state index < -0.39 is 0 Å². The lowest BCUT2D eigenvalue weighted by atomic mass is 10.0. The maximum Gasteiger partial charge on any atom is 0.226 e. The highest BCUT2D eigenvalue weighted by Crippen LogP contribution is 2.25. The normalized spacial score (nSPS) is 14.3. The summed E-state index contributed by atoms with van der Waals surface area (Å²) in [6, 6.07) is 17.6. The van der Waals surface area contributed by atoms with Crippen LogP contribution in [0.25, 0.3) is 0 Å². The molecule has 0 aliphatic carbocycles. The largest absolute Gasteiger partial charge is 0.439 e. The van der Waals surface area contributed by atoms with Gasteiger partial charge >= 0.3 is 0 Å². The molecular formula is C22H20FN5O. The van der Waals surface area contributed by atoms with Crippen molar-refractivity contribution in [1.29, 1.82) is 5.26 Å². The fourth-order valence-electron chi connectivity index (χ4n) is 3.38. The number of ether oxygens (including phenoxy) is 1. The number of anilines is 2. The van der Waals surface area contributed by atoms with Gasteiger partial charge in [-0.15, -0.1) is 0 Å². The van der Waals surface area contributed by atoms with E-state index in [1.54, 1.807) is 24.4 Å². The zero-order valence-corrected chi connectivity index (χ0v) is 15.8. The van der Waals surface area contributed by atoms with Gasteiger partial charge in [0, 0.05) is 31.4 Å². The van der Waals surface area contributed by atoms with Gasteiger partial charge in [0.1, 0.15) is 17.6 Å². The molecule has 1 aliphatic heterocycles. The first-order valence-electron chi connectivity index (χ1n) is 9.48. The molecule has 1 N–H and O–H groups in total. The minimum absolute atomic E-state index is 0.238. The molecule has 0 spiro atoms. The Bertz CT molecular complexity index is 1010. The van der Waals surface area contributed by atoms with E-state index in [1.165, 1.54) is 12.1 Å². The molecule has 4 rings (SSSR count). The molecule has 2 heterocycles. The van der Waals surface area contributed by atoms with Crippen LogP contribution in [0.4, 0.5) is 16.0 Å². The quantitative estimate of drug-likeness (QED) is 0.699. The van der Waals surface area contributed by atoms with Gasteiger partial charge in [0.05, 0.1) is 11.3 Å². The fraction of sp³-hybridized carbons (Fsp3) is 0.227. The van der Waals surface area contributed by atoms with Gasteiger partial charge in [-0.05, 0) is 49.2 Å². The maximum atomic E-state index is 13.0. The van der Waals surface area contributed by atoms with Crippen molar-refractivity contribution in [1.82, 2.24) is 9.97 Å². The van der Waals surface area contributed by atoms with Crippen LogP contribution in [0, 0.1) is 17.1 Å². The first-order valence-corrected chi connectivity index (χ1v) is 9.48. The molecule has 3 aromatic rings. The van der Waals surface area contributed by atoms with Gasteiger partial charge in [-0.1, -0.05) is 12.1 Å². The van der Waals surface area contributed by atoms with E-state index in [4.69, 9.17) is 4.74 Å². The molecule has 0 saturated carbocycles. The Morgan fingerprint density at radius 3 is 2.59 bits per heavy atom. The third kappa shape index (κ3) is 4.61. The number of rotatable bonds is 5. The van der Waals surface area contributed by atoms with Crippen LogP contribution in [0.1, 0.15) is 18.4 Å². The molecule has 1 saturated heterocycles. The van der Waals surface area contributed by atoms with Crippen LogP contribution in [-0.2, 0) is 0 Å². The summed E-state index contributed by atoms with van der Waals surface area (Å²) in [6.07, 6.45) is 3.45. The smallest absolute Gasteiger partial charge is 0.226 e. The fourth-order valence-corrected chi connectivity index (χ4v) is 3.38. The number of nitrogens with zero attached hydrogens (tertiary/aromatic N) is 4. The van der Waals surface area contributed by atoms with Crippen LogP contribution < -0.4 is 15.0 Å². The van der Waals surface area contributed by atoms with Crippen molar-refractivity contribution >= 4 is 11.6 Å². The summed E-state index contributed by atoms with van der Waals surface area (Å²) in [4.78, 5) is 10.9. The Morgan fingerprint density at radius 1 is 1.07 bits per heavy atom. The first kappa shape index (κ1) is 18.7. The number of hydrogen-bond acceptors (Lipinski definition) is 6. The Labute approximate surface area is 168 Å². The van der Waals surface area contributed by atoms with Gasteiger partial charge in [0.25, 0.3) is 0 Å². The lowest BCUT2D eigenvalue weighted by Gasteiger charge is -2.34. The molecule has 1 fully saturated rings. The Hall–Kier alpha value is -3.66. The van der Waals surface area contributed by atoms with Gasteiger partial charge in [0.15, 0.2) is 0 Å². The molecule has 146 valence electrons. The third-order valence-electron chi connectivity index (χ3n) is 4.86. The predicted octanol–water partition coefficient (Wildman–Crippen LogP) is 4.36. The molecule has 0 amide bonds. The van der Waals surface area contributed by atoms with E-state index >= 15 is 0 Å². The summed E-state index contributed by atoms with van der Waals surface area (Å²) in [5.74, 6) is 1.10. The van der Waals surface area contributed by atoms with Crippen LogP contribution in [0.5, 0.6) is 11.6 Å². The van der Waals surface area contributed by atoms with E-state index in [-0.39, 0.29) is 11.9 Å². The number of piperidine rings is 1. The summed E-state index contributed by atoms with van der Waals surface area (Å²) < 4.78 is 18.7. The van der Waals surface area contributed by atoms with Gasteiger partial charge in [0.2, 0.25) is 11.8 Å². The van der Waals surface area contributed by atoms with E-state index in [0.717, 1.165) is 31.6 Å². The summed E-state index contributed by atoms with van der Waals surface area (Å²) in [6.45, 7) is 1.70. The summed E-state index contributed by atoms with van der Waals surface area (Å²) in [5, 5.41) is 12.7. The molecule has 2 aromatic carbocycles. The number of halogens is 1. The molecule has 0 radical (unpaired) electrons. The lowest BCUT2D eigenvalue weighted by molar-refractivity contribution is 0.459. The van der Waals surface area contributed by atoms with E-state index in [9.17, 15) is 9.65 Å². The molecule has 0 unspecified atom stereocenters. The van der Waals surface area contributed by atoms with Crippen molar-refractivity contribution in [2.45, 2.75) is 18.9 Å². The van der Waals surface area contributed by atoms with Crippen molar-refractivity contribution in [3.8, 4) is 17.7 Å². The molecule has 29 heavy (non-hydrogen) atoms. The Balaban J connectivity index is 1.36. The number of aromatic nitrogens is 2. The Kier molecular flexibility index (Phi) is 5.52. The Morgan fingerprint density at radius 2 is 1.83 bits per heavy atom. The molecule has 1 aliphatic rings. The van der Waals surface area contributed by atoms with E-state index in [1.807, 2.05) is 24.3 Å². The first-order chi connectivity index (χ1) is 14.2. The molecule has 0 bridgehead atoms. The summed E-state index contributed by atoms with van der Waals surface area (Å²) >= 11 is 0. The van der Waals surface area contributed by atoms with Crippen LogP contribution in [0.2, 0.25) is 0 Å². The standard InChI is InChI=1S/C22H20FN5O/c23-17-5-7-19(8-6-17)29-21-9-12-25-22(27-21)26-18-10-13-28(14-11-18)20-4-2-1-3-16(20)15-24/h1-9,12,18H,10-11,13-14H2,(H,25,26,27). The minimum atomic E-state index is -0.314. The molecular weight excluding hydrogens is 369 g/mol. The second kappa shape index (κ2) is 8.57. The second-order valence-corrected chi connectivity index (χ2v) is 6.81. The van der Waals surface area contributed by atoms with Crippen molar-refractivity contribution < 1.29 is 9.13 Å². The summed E-state index contributed by atoms with van der Waals surface area (Å²) in [5.41, 5.74) is 1.69. The van der Waals surface area contributed by atoms with Crippen molar-refractivity contribution in [2.24, 2.45) is 0 Å². The van der Waals surface area contributed by atoms with Crippen LogP contribution in [0.3, 0.4) is 0 Å². The van der Waals surface area contributed by atoms with Crippen molar-refractivity contribution in [2.75, 3.05) is 23.3 Å². The molecule has 6 nitrogen and oxygen atoms in total. The number of hydrogen-bond donors (Lipinski definition) is 1. The number of nitrogens with one attached hydrogen (secondary N) is 1. The van der Waals surface area contributed by atoms with Gasteiger partial charge in [-0.25, -0.2) is 9.37 Å². The predicted molar refractivity (Wildman–Crippen MR) is 109 cm³/mol. The minimum Gasteiger partial charge on any atom is -0.439 e. The van der Waals surface area contributed by atoms with Gasteiger partial charge < -0.3 is 15.0 Å². The topological polar surface area (TPSA) is 74.1 Å². The van der Waals surface area contributed by atoms with Crippen LogP contribution >= 0.6 is 0 Å². The SMILES string of the molecule is N#Cc1ccccc1N1CCC(Nc2nccc(Oc3ccc(F)cc3)n2)CC1. The van der Waals surface area contributed by atoms with Crippen molar-refractivity contribution in [3.05, 3.63) is 72.2 Å². The highest BCUT2D eigenvalue weighted by molar-refractivity contribution is 5.59. The highest BCUT2D eigenvalue weighted by Gasteiger charge is 2.21. The highest BCUT2D eigenvalue weighted by atomic mass is 19.1. The zero-order chi connectivity index (χ0) is 20.1. The third-order valence-corrected chi connectivity index (χ3v) is 4.86. The number of benzene rings is 2. The number of nitriles is 1. The zero-order valence-electron chi connectivity index (χ0n) is 15.8. The monoisotopic (exact) mass is 389 g/mol. The molecule has 0 atom stereocenters. The maximum absolute atomic E-state index is 13.0. The average Bonchev–Trinajstić information content (AvgIpc) is 2.76. The van der Waals surface area contributed by atoms with Gasteiger partial charge in [-0.3, -0.25) is 0 Å². The lowest BCUT2D eigenvalue weighted by Crippen LogP contribution is -2.39. The molecule has 1 aromatic heterocycles. The number of para-hydroxylation sites is 1. The summed E-state index contributed by atoms with van der Waals surface area (Å²) in [7, 11) is 0. The second-order valence-electron chi connectivity index (χ2n) is 6.81. The van der Waals surface area contributed by atoms with E-state index in [0.29, 0.717) is 23.1 Å².